The number of hydrogen-bond acceptors (Lipinski definition) is 2. The summed E-state index contributed by atoms with van der Waals surface area (Å²) in [5, 5.41) is 9.38. The number of phenols is 1. The molecule has 1 aromatic carbocycles. The average Bonchev–Trinajstić information content (AvgIpc) is 2.33. The van der Waals surface area contributed by atoms with Crippen LogP contribution in [0.15, 0.2) is 22.7 Å². The highest BCUT2D eigenvalue weighted by Gasteiger charge is 2.22. The maximum absolute atomic E-state index is 12.2. The lowest BCUT2D eigenvalue weighted by Crippen LogP contribution is -2.17. The van der Waals surface area contributed by atoms with Gasteiger partial charge in [0.2, 0.25) is 0 Å². The Hall–Kier alpha value is -0.830. The van der Waals surface area contributed by atoms with Crippen molar-refractivity contribution >= 4 is 21.7 Å². The van der Waals surface area contributed by atoms with Gasteiger partial charge in [-0.05, 0) is 47.0 Å². The smallest absolute Gasteiger partial charge is 0.165 e. The molecule has 3 heteroatoms. The van der Waals surface area contributed by atoms with Gasteiger partial charge in [0.1, 0.15) is 5.75 Å². The zero-order valence-electron chi connectivity index (χ0n) is 9.08. The van der Waals surface area contributed by atoms with Gasteiger partial charge in [-0.3, -0.25) is 4.79 Å². The topological polar surface area (TPSA) is 37.3 Å². The van der Waals surface area contributed by atoms with E-state index in [0.717, 1.165) is 25.7 Å². The van der Waals surface area contributed by atoms with Crippen molar-refractivity contribution in [2.75, 3.05) is 0 Å². The Kier molecular flexibility index (Phi) is 3.64. The molecule has 1 N–H and O–H groups in total. The minimum Gasteiger partial charge on any atom is -0.507 e. The Morgan fingerprint density at radius 2 is 1.94 bits per heavy atom. The highest BCUT2D eigenvalue weighted by atomic mass is 79.9. The number of benzene rings is 1. The van der Waals surface area contributed by atoms with Crippen molar-refractivity contribution in [3.63, 3.8) is 0 Å². The third-order valence-electron chi connectivity index (χ3n) is 3.21. The van der Waals surface area contributed by atoms with Gasteiger partial charge in [-0.2, -0.15) is 0 Å². The lowest BCUT2D eigenvalue weighted by Gasteiger charge is -2.20. The number of rotatable bonds is 2. The molecule has 1 aromatic rings. The van der Waals surface area contributed by atoms with Crippen molar-refractivity contribution in [3.8, 4) is 5.75 Å². The molecule has 1 fully saturated rings. The molecule has 0 aliphatic heterocycles. The van der Waals surface area contributed by atoms with Crippen molar-refractivity contribution < 1.29 is 9.90 Å². The predicted octanol–water partition coefficient (Wildman–Crippen LogP) is 3.92. The number of carbonyl (C=O) groups excluding carboxylic acids is 1. The fraction of sp³-hybridized carbons (Fsp3) is 0.462. The normalized spacial score (nSPS) is 17.3. The fourth-order valence-electron chi connectivity index (χ4n) is 2.26. The van der Waals surface area contributed by atoms with E-state index in [4.69, 9.17) is 0 Å². The number of phenolic OH excluding ortho intramolecular Hbond substituents is 1. The van der Waals surface area contributed by atoms with Crippen LogP contribution >= 0.6 is 15.9 Å². The molecule has 16 heavy (non-hydrogen) atoms. The standard InChI is InChI=1S/C13H15BrO2/c14-11-8-10(6-7-12(11)15)13(16)9-4-2-1-3-5-9/h6-9,15H,1-5H2. The first-order chi connectivity index (χ1) is 7.68. The van der Waals surface area contributed by atoms with Crippen LogP contribution in [0.1, 0.15) is 42.5 Å². The quantitative estimate of drug-likeness (QED) is 0.835. The first-order valence-corrected chi connectivity index (χ1v) is 6.50. The molecular formula is C13H15BrO2. The highest BCUT2D eigenvalue weighted by molar-refractivity contribution is 9.10. The minimum atomic E-state index is 0.181. The van der Waals surface area contributed by atoms with Gasteiger partial charge in [0.05, 0.1) is 4.47 Å². The fourth-order valence-corrected chi connectivity index (χ4v) is 2.64. The Morgan fingerprint density at radius 1 is 1.25 bits per heavy atom. The monoisotopic (exact) mass is 282 g/mol. The van der Waals surface area contributed by atoms with Crippen molar-refractivity contribution in [2.24, 2.45) is 5.92 Å². The third kappa shape index (κ3) is 2.46. The molecule has 0 heterocycles. The SMILES string of the molecule is O=C(c1ccc(O)c(Br)c1)C1CCCCC1. The number of ketones is 1. The average molecular weight is 283 g/mol. The zero-order chi connectivity index (χ0) is 11.5. The first-order valence-electron chi connectivity index (χ1n) is 5.71. The van der Waals surface area contributed by atoms with Crippen LogP contribution in [0.25, 0.3) is 0 Å². The van der Waals surface area contributed by atoms with Crippen molar-refractivity contribution in [1.29, 1.82) is 0 Å². The Bertz CT molecular complexity index is 395. The Morgan fingerprint density at radius 3 is 2.56 bits per heavy atom. The minimum absolute atomic E-state index is 0.181. The van der Waals surface area contributed by atoms with Crippen LogP contribution in [0.3, 0.4) is 0 Å². The van der Waals surface area contributed by atoms with Gasteiger partial charge in [0.15, 0.2) is 5.78 Å². The van der Waals surface area contributed by atoms with Crippen LogP contribution in [0.4, 0.5) is 0 Å². The maximum atomic E-state index is 12.2. The van der Waals surface area contributed by atoms with Crippen LogP contribution in [-0.2, 0) is 0 Å². The van der Waals surface area contributed by atoms with Crippen LogP contribution in [-0.4, -0.2) is 10.9 Å². The number of carbonyl (C=O) groups is 1. The molecule has 0 saturated heterocycles. The van der Waals surface area contributed by atoms with Crippen LogP contribution in [0.2, 0.25) is 0 Å². The van der Waals surface area contributed by atoms with E-state index < -0.39 is 0 Å². The van der Waals surface area contributed by atoms with Crippen molar-refractivity contribution in [3.05, 3.63) is 28.2 Å². The largest absolute Gasteiger partial charge is 0.507 e. The predicted molar refractivity (Wildman–Crippen MR) is 66.7 cm³/mol. The summed E-state index contributed by atoms with van der Waals surface area (Å²) in [5.74, 6) is 0.589. The van der Waals surface area contributed by atoms with E-state index in [1.807, 2.05) is 0 Å². The summed E-state index contributed by atoms with van der Waals surface area (Å²) in [7, 11) is 0. The number of halogens is 1. The molecule has 0 aromatic heterocycles. The number of Topliss-reactive ketones (excluding diaryl/α,β-unsaturated/α-hetero) is 1. The molecular weight excluding hydrogens is 268 g/mol. The van der Waals surface area contributed by atoms with Gasteiger partial charge in [0, 0.05) is 11.5 Å². The van der Waals surface area contributed by atoms with Crippen LogP contribution in [0.5, 0.6) is 5.75 Å². The van der Waals surface area contributed by atoms with Gasteiger partial charge in [-0.25, -0.2) is 0 Å². The molecule has 0 amide bonds. The highest BCUT2D eigenvalue weighted by Crippen LogP contribution is 2.30. The summed E-state index contributed by atoms with van der Waals surface area (Å²) in [5.41, 5.74) is 0.705. The van der Waals surface area contributed by atoms with E-state index in [9.17, 15) is 9.90 Å². The van der Waals surface area contributed by atoms with Crippen LogP contribution < -0.4 is 0 Å². The molecule has 2 nitrogen and oxygen atoms in total. The molecule has 0 spiro atoms. The molecule has 0 atom stereocenters. The lowest BCUT2D eigenvalue weighted by atomic mass is 9.84. The van der Waals surface area contributed by atoms with Gasteiger partial charge < -0.3 is 5.11 Å². The van der Waals surface area contributed by atoms with E-state index in [2.05, 4.69) is 15.9 Å². The summed E-state index contributed by atoms with van der Waals surface area (Å²) in [6, 6.07) is 4.99. The second-order valence-corrected chi connectivity index (χ2v) is 5.22. The third-order valence-corrected chi connectivity index (χ3v) is 3.84. The molecule has 0 unspecified atom stereocenters. The van der Waals surface area contributed by atoms with E-state index in [0.29, 0.717) is 10.0 Å². The number of aromatic hydroxyl groups is 1. The second kappa shape index (κ2) is 5.00. The van der Waals surface area contributed by atoms with Gasteiger partial charge in [-0.15, -0.1) is 0 Å². The Labute approximate surface area is 104 Å². The van der Waals surface area contributed by atoms with Crippen molar-refractivity contribution in [2.45, 2.75) is 32.1 Å². The lowest BCUT2D eigenvalue weighted by molar-refractivity contribution is 0.0889. The molecule has 1 aliphatic carbocycles. The van der Waals surface area contributed by atoms with E-state index >= 15 is 0 Å². The summed E-state index contributed by atoms with van der Waals surface area (Å²) < 4.78 is 0.592. The molecule has 2 rings (SSSR count). The van der Waals surface area contributed by atoms with Gasteiger partial charge in [-0.1, -0.05) is 19.3 Å². The summed E-state index contributed by atoms with van der Waals surface area (Å²) >= 11 is 3.24. The number of hydrogen-bond donors (Lipinski definition) is 1. The maximum Gasteiger partial charge on any atom is 0.165 e. The van der Waals surface area contributed by atoms with Gasteiger partial charge >= 0.3 is 0 Å². The van der Waals surface area contributed by atoms with Crippen molar-refractivity contribution in [1.82, 2.24) is 0 Å². The molecule has 0 radical (unpaired) electrons. The van der Waals surface area contributed by atoms with Gasteiger partial charge in [0.25, 0.3) is 0 Å². The second-order valence-electron chi connectivity index (χ2n) is 4.37. The van der Waals surface area contributed by atoms with Crippen LogP contribution in [0, 0.1) is 5.92 Å². The summed E-state index contributed by atoms with van der Waals surface area (Å²) in [6.45, 7) is 0. The van der Waals surface area contributed by atoms with E-state index in [1.165, 1.54) is 6.42 Å². The summed E-state index contributed by atoms with van der Waals surface area (Å²) in [6.07, 6.45) is 5.60. The Balaban J connectivity index is 2.16. The van der Waals surface area contributed by atoms with E-state index in [-0.39, 0.29) is 17.5 Å². The van der Waals surface area contributed by atoms with E-state index in [1.54, 1.807) is 18.2 Å². The first kappa shape index (κ1) is 11.6. The molecule has 1 saturated carbocycles. The summed E-state index contributed by atoms with van der Waals surface area (Å²) in [4.78, 5) is 12.2. The molecule has 86 valence electrons. The molecule has 0 bridgehead atoms. The molecule has 1 aliphatic rings. The zero-order valence-corrected chi connectivity index (χ0v) is 10.7.